The fourth-order valence-corrected chi connectivity index (χ4v) is 2.42. The molecule has 0 unspecified atom stereocenters. The number of ether oxygens (including phenoxy) is 2. The molecular formula is C11H20O3. The van der Waals surface area contributed by atoms with Gasteiger partial charge in [-0.1, -0.05) is 6.92 Å². The summed E-state index contributed by atoms with van der Waals surface area (Å²) in [6, 6.07) is 0. The number of hydrogen-bond acceptors (Lipinski definition) is 3. The largest absolute Gasteiger partial charge is 0.396 e. The zero-order chi connectivity index (χ0) is 10.0. The first-order valence-electron chi connectivity index (χ1n) is 5.58. The smallest absolute Gasteiger partial charge is 0.160 e. The van der Waals surface area contributed by atoms with Gasteiger partial charge in [-0.25, -0.2) is 0 Å². The molecule has 1 aliphatic heterocycles. The maximum absolute atomic E-state index is 9.24. The van der Waals surface area contributed by atoms with Gasteiger partial charge in [0, 0.05) is 12.5 Å². The van der Waals surface area contributed by atoms with Gasteiger partial charge in [-0.2, -0.15) is 0 Å². The van der Waals surface area contributed by atoms with Crippen molar-refractivity contribution in [1.82, 2.24) is 0 Å². The Balaban J connectivity index is 1.83. The monoisotopic (exact) mass is 200 g/mol. The highest BCUT2D eigenvalue weighted by atomic mass is 16.7. The molecule has 3 nitrogen and oxygen atoms in total. The SMILES string of the molecule is CC1(CO)CCC(C2OCCO2)CC1. The lowest BCUT2D eigenvalue weighted by Crippen LogP contribution is -2.33. The van der Waals surface area contributed by atoms with Gasteiger partial charge in [0.2, 0.25) is 0 Å². The zero-order valence-electron chi connectivity index (χ0n) is 8.87. The van der Waals surface area contributed by atoms with Crippen molar-refractivity contribution >= 4 is 0 Å². The summed E-state index contributed by atoms with van der Waals surface area (Å²) in [5.74, 6) is 0.553. The van der Waals surface area contributed by atoms with E-state index in [1.165, 1.54) is 0 Å². The maximum atomic E-state index is 9.24. The van der Waals surface area contributed by atoms with Crippen molar-refractivity contribution < 1.29 is 14.6 Å². The first-order valence-corrected chi connectivity index (χ1v) is 5.58. The van der Waals surface area contributed by atoms with Gasteiger partial charge in [-0.3, -0.25) is 0 Å². The highest BCUT2D eigenvalue weighted by Crippen LogP contribution is 2.40. The standard InChI is InChI=1S/C11H20O3/c1-11(8-12)4-2-9(3-5-11)10-13-6-7-14-10/h9-10,12H,2-8H2,1H3. The number of aliphatic hydroxyl groups is 1. The molecule has 1 saturated carbocycles. The Labute approximate surface area is 85.4 Å². The minimum Gasteiger partial charge on any atom is -0.396 e. The Morgan fingerprint density at radius 1 is 1.21 bits per heavy atom. The van der Waals surface area contributed by atoms with Crippen LogP contribution in [0.3, 0.4) is 0 Å². The van der Waals surface area contributed by atoms with Crippen molar-refractivity contribution in [2.45, 2.75) is 38.9 Å². The van der Waals surface area contributed by atoms with E-state index in [2.05, 4.69) is 6.92 Å². The van der Waals surface area contributed by atoms with E-state index < -0.39 is 0 Å². The Morgan fingerprint density at radius 2 is 1.79 bits per heavy atom. The van der Waals surface area contributed by atoms with E-state index >= 15 is 0 Å². The van der Waals surface area contributed by atoms with Crippen LogP contribution in [0.5, 0.6) is 0 Å². The quantitative estimate of drug-likeness (QED) is 0.735. The molecule has 1 aliphatic carbocycles. The highest BCUT2D eigenvalue weighted by Gasteiger charge is 2.35. The second kappa shape index (κ2) is 4.17. The Morgan fingerprint density at radius 3 is 2.29 bits per heavy atom. The molecule has 2 fully saturated rings. The Bertz CT molecular complexity index is 179. The van der Waals surface area contributed by atoms with Gasteiger partial charge in [-0.05, 0) is 31.1 Å². The zero-order valence-corrected chi connectivity index (χ0v) is 8.87. The van der Waals surface area contributed by atoms with Crippen LogP contribution < -0.4 is 0 Å². The van der Waals surface area contributed by atoms with E-state index in [1.807, 2.05) is 0 Å². The predicted molar refractivity (Wildman–Crippen MR) is 52.8 cm³/mol. The minimum absolute atomic E-state index is 0.0400. The number of aliphatic hydroxyl groups excluding tert-OH is 1. The molecule has 0 aromatic rings. The topological polar surface area (TPSA) is 38.7 Å². The molecule has 14 heavy (non-hydrogen) atoms. The molecule has 1 saturated heterocycles. The summed E-state index contributed by atoms with van der Waals surface area (Å²) in [6.07, 6.45) is 4.48. The van der Waals surface area contributed by atoms with Gasteiger partial charge in [0.1, 0.15) is 0 Å². The van der Waals surface area contributed by atoms with Gasteiger partial charge in [-0.15, -0.1) is 0 Å². The first kappa shape index (κ1) is 10.4. The van der Waals surface area contributed by atoms with Crippen molar-refractivity contribution in [3.63, 3.8) is 0 Å². The van der Waals surface area contributed by atoms with Gasteiger partial charge < -0.3 is 14.6 Å². The number of hydrogen-bond donors (Lipinski definition) is 1. The lowest BCUT2D eigenvalue weighted by atomic mass is 9.72. The van der Waals surface area contributed by atoms with E-state index in [1.54, 1.807) is 0 Å². The molecule has 0 radical (unpaired) electrons. The Hall–Kier alpha value is -0.120. The lowest BCUT2D eigenvalue weighted by molar-refractivity contribution is -0.103. The van der Waals surface area contributed by atoms with Crippen LogP contribution in [0.1, 0.15) is 32.6 Å². The summed E-state index contributed by atoms with van der Waals surface area (Å²) in [5.41, 5.74) is 0.148. The molecule has 3 heteroatoms. The average molecular weight is 200 g/mol. The van der Waals surface area contributed by atoms with Gasteiger partial charge in [0.05, 0.1) is 13.2 Å². The predicted octanol–water partition coefficient (Wildman–Crippen LogP) is 1.55. The van der Waals surface area contributed by atoms with Crippen molar-refractivity contribution in [2.75, 3.05) is 19.8 Å². The highest BCUT2D eigenvalue weighted by molar-refractivity contribution is 4.83. The second-order valence-corrected chi connectivity index (χ2v) is 4.92. The van der Waals surface area contributed by atoms with Crippen LogP contribution in [0, 0.1) is 11.3 Å². The molecule has 0 amide bonds. The van der Waals surface area contributed by atoms with Crippen molar-refractivity contribution in [1.29, 1.82) is 0 Å². The van der Waals surface area contributed by atoms with Crippen LogP contribution in [0.25, 0.3) is 0 Å². The van der Waals surface area contributed by atoms with Crippen LogP contribution in [0.15, 0.2) is 0 Å². The Kier molecular flexibility index (Phi) is 3.10. The molecular weight excluding hydrogens is 180 g/mol. The first-order chi connectivity index (χ1) is 6.73. The molecule has 0 aromatic carbocycles. The van der Waals surface area contributed by atoms with Crippen LogP contribution in [0.2, 0.25) is 0 Å². The summed E-state index contributed by atoms with van der Waals surface area (Å²) in [5, 5.41) is 9.24. The van der Waals surface area contributed by atoms with Crippen LogP contribution in [-0.4, -0.2) is 31.2 Å². The molecule has 0 aromatic heterocycles. The molecule has 1 N–H and O–H groups in total. The summed E-state index contributed by atoms with van der Waals surface area (Å²) in [4.78, 5) is 0. The molecule has 0 spiro atoms. The third-order valence-corrected chi connectivity index (χ3v) is 3.65. The average Bonchev–Trinajstić information content (AvgIpc) is 2.72. The molecule has 82 valence electrons. The van der Waals surface area contributed by atoms with E-state index in [-0.39, 0.29) is 11.7 Å². The maximum Gasteiger partial charge on any atom is 0.160 e. The normalized spacial score (nSPS) is 40.3. The fourth-order valence-electron chi connectivity index (χ4n) is 2.42. The van der Waals surface area contributed by atoms with Gasteiger partial charge in [0.15, 0.2) is 6.29 Å². The van der Waals surface area contributed by atoms with Crippen molar-refractivity contribution in [3.05, 3.63) is 0 Å². The van der Waals surface area contributed by atoms with Crippen LogP contribution >= 0.6 is 0 Å². The van der Waals surface area contributed by atoms with E-state index in [0.29, 0.717) is 12.5 Å². The van der Waals surface area contributed by atoms with Gasteiger partial charge >= 0.3 is 0 Å². The van der Waals surface area contributed by atoms with E-state index in [9.17, 15) is 5.11 Å². The third kappa shape index (κ3) is 2.10. The van der Waals surface area contributed by atoms with Crippen LogP contribution in [-0.2, 0) is 9.47 Å². The van der Waals surface area contributed by atoms with E-state index in [4.69, 9.17) is 9.47 Å². The molecule has 2 rings (SSSR count). The summed E-state index contributed by atoms with van der Waals surface area (Å²) in [6.45, 7) is 3.97. The fraction of sp³-hybridized carbons (Fsp3) is 1.00. The van der Waals surface area contributed by atoms with Crippen molar-refractivity contribution in [2.24, 2.45) is 11.3 Å². The molecule has 1 heterocycles. The lowest BCUT2D eigenvalue weighted by Gasteiger charge is -2.37. The van der Waals surface area contributed by atoms with Crippen LogP contribution in [0.4, 0.5) is 0 Å². The van der Waals surface area contributed by atoms with E-state index in [0.717, 1.165) is 38.9 Å². The number of rotatable bonds is 2. The van der Waals surface area contributed by atoms with Crippen molar-refractivity contribution in [3.8, 4) is 0 Å². The molecule has 0 bridgehead atoms. The summed E-state index contributed by atoms with van der Waals surface area (Å²) in [7, 11) is 0. The minimum atomic E-state index is 0.0400. The van der Waals surface area contributed by atoms with Gasteiger partial charge in [0.25, 0.3) is 0 Å². The second-order valence-electron chi connectivity index (χ2n) is 4.92. The molecule has 2 aliphatic rings. The third-order valence-electron chi connectivity index (χ3n) is 3.65. The summed E-state index contributed by atoms with van der Waals surface area (Å²) >= 11 is 0. The molecule has 0 atom stereocenters. The summed E-state index contributed by atoms with van der Waals surface area (Å²) < 4.78 is 11.0.